The molecule has 1 spiro atoms. The summed E-state index contributed by atoms with van der Waals surface area (Å²) in [6.45, 7) is 3.85. The molecule has 0 radical (unpaired) electrons. The number of aromatic hydroxyl groups is 1. The Morgan fingerprint density at radius 3 is 2.81 bits per heavy atom. The zero-order chi connectivity index (χ0) is 14.7. The van der Waals surface area contributed by atoms with Gasteiger partial charge >= 0.3 is 0 Å². The third-order valence-electron chi connectivity index (χ3n) is 4.62. The van der Waals surface area contributed by atoms with Gasteiger partial charge in [0.2, 0.25) is 5.91 Å². The number of nitrogens with one attached hydrogen (secondary N) is 1. The molecule has 1 aromatic rings. The number of piperidine rings is 1. The summed E-state index contributed by atoms with van der Waals surface area (Å²) in [5.41, 5.74) is 1.23. The molecule has 2 saturated heterocycles. The first-order chi connectivity index (χ1) is 10.2. The van der Waals surface area contributed by atoms with E-state index in [1.165, 1.54) is 12.8 Å². The van der Waals surface area contributed by atoms with Crippen molar-refractivity contribution in [3.63, 3.8) is 0 Å². The molecule has 0 aromatic heterocycles. The van der Waals surface area contributed by atoms with Gasteiger partial charge in [-0.05, 0) is 49.6 Å². The number of nitrogens with zero attached hydrogens (tertiary/aromatic N) is 1. The summed E-state index contributed by atoms with van der Waals surface area (Å²) in [7, 11) is 0. The van der Waals surface area contributed by atoms with Crippen molar-refractivity contribution in [2.45, 2.75) is 19.3 Å². The van der Waals surface area contributed by atoms with E-state index in [4.69, 9.17) is 0 Å². The van der Waals surface area contributed by atoms with E-state index < -0.39 is 0 Å². The summed E-state index contributed by atoms with van der Waals surface area (Å²) < 4.78 is 0. The lowest BCUT2D eigenvalue weighted by atomic mass is 9.79. The van der Waals surface area contributed by atoms with E-state index in [2.05, 4.69) is 5.32 Å². The van der Waals surface area contributed by atoms with Gasteiger partial charge < -0.3 is 15.3 Å². The summed E-state index contributed by atoms with van der Waals surface area (Å²) >= 11 is 0. The monoisotopic (exact) mass is 286 g/mol. The van der Waals surface area contributed by atoms with Crippen LogP contribution in [0.3, 0.4) is 0 Å². The van der Waals surface area contributed by atoms with Crippen LogP contribution in [0.2, 0.25) is 0 Å². The highest BCUT2D eigenvalue weighted by Gasteiger charge is 2.38. The molecule has 112 valence electrons. The summed E-state index contributed by atoms with van der Waals surface area (Å²) in [4.78, 5) is 14.3. The van der Waals surface area contributed by atoms with Gasteiger partial charge in [0.05, 0.1) is 0 Å². The number of rotatable bonds is 2. The molecule has 2 N–H and O–H groups in total. The number of likely N-dealkylation sites (tertiary alicyclic amines) is 1. The van der Waals surface area contributed by atoms with Crippen LogP contribution < -0.4 is 5.32 Å². The largest absolute Gasteiger partial charge is 0.508 e. The maximum Gasteiger partial charge on any atom is 0.246 e. The molecule has 1 atom stereocenters. The van der Waals surface area contributed by atoms with Gasteiger partial charge in [0.1, 0.15) is 5.75 Å². The van der Waals surface area contributed by atoms with Gasteiger partial charge in [0, 0.05) is 31.1 Å². The third kappa shape index (κ3) is 3.27. The van der Waals surface area contributed by atoms with Gasteiger partial charge in [-0.3, -0.25) is 4.79 Å². The van der Waals surface area contributed by atoms with E-state index >= 15 is 0 Å². The van der Waals surface area contributed by atoms with E-state index in [0.717, 1.165) is 38.2 Å². The Labute approximate surface area is 125 Å². The fourth-order valence-electron chi connectivity index (χ4n) is 3.40. The molecule has 2 aliphatic rings. The van der Waals surface area contributed by atoms with Crippen LogP contribution in [0.15, 0.2) is 30.3 Å². The van der Waals surface area contributed by atoms with E-state index in [0.29, 0.717) is 5.41 Å². The highest BCUT2D eigenvalue weighted by molar-refractivity contribution is 5.91. The van der Waals surface area contributed by atoms with Crippen molar-refractivity contribution in [3.05, 3.63) is 35.9 Å². The van der Waals surface area contributed by atoms with Crippen molar-refractivity contribution in [3.8, 4) is 5.75 Å². The summed E-state index contributed by atoms with van der Waals surface area (Å²) in [5.74, 6) is 0.333. The Balaban J connectivity index is 1.63. The molecular weight excluding hydrogens is 264 g/mol. The average Bonchev–Trinajstić information content (AvgIpc) is 2.94. The normalized spacial score (nSPS) is 25.8. The number of hydrogen-bond acceptors (Lipinski definition) is 3. The van der Waals surface area contributed by atoms with Crippen molar-refractivity contribution < 1.29 is 9.90 Å². The minimum Gasteiger partial charge on any atom is -0.508 e. The smallest absolute Gasteiger partial charge is 0.246 e. The fourth-order valence-corrected chi connectivity index (χ4v) is 3.40. The van der Waals surface area contributed by atoms with Crippen LogP contribution in [0.25, 0.3) is 6.08 Å². The van der Waals surface area contributed by atoms with Crippen LogP contribution in [0, 0.1) is 5.41 Å². The number of phenolic OH excluding ortho intramolecular Hbond substituents is 1. The lowest BCUT2D eigenvalue weighted by molar-refractivity contribution is -0.129. The molecule has 0 aliphatic carbocycles. The number of phenols is 1. The number of benzene rings is 1. The van der Waals surface area contributed by atoms with Crippen LogP contribution >= 0.6 is 0 Å². The Bertz CT molecular complexity index is 530. The highest BCUT2D eigenvalue weighted by atomic mass is 16.3. The minimum atomic E-state index is 0.0917. The van der Waals surface area contributed by atoms with Crippen LogP contribution in [-0.2, 0) is 4.79 Å². The fraction of sp³-hybridized carbons (Fsp3) is 0.471. The molecule has 1 amide bonds. The highest BCUT2D eigenvalue weighted by Crippen LogP contribution is 2.35. The summed E-state index contributed by atoms with van der Waals surface area (Å²) in [6.07, 6.45) is 6.97. The lowest BCUT2D eigenvalue weighted by Crippen LogP contribution is -2.46. The molecular formula is C17H22N2O2. The van der Waals surface area contributed by atoms with Crippen LogP contribution in [-0.4, -0.2) is 42.1 Å². The van der Waals surface area contributed by atoms with E-state index in [9.17, 15) is 9.90 Å². The van der Waals surface area contributed by atoms with Crippen LogP contribution in [0.4, 0.5) is 0 Å². The van der Waals surface area contributed by atoms with Crippen molar-refractivity contribution in [1.29, 1.82) is 0 Å². The predicted octanol–water partition coefficient (Wildman–Crippen LogP) is 2.01. The van der Waals surface area contributed by atoms with Gasteiger partial charge in [-0.1, -0.05) is 12.1 Å². The van der Waals surface area contributed by atoms with Crippen molar-refractivity contribution in [2.75, 3.05) is 26.2 Å². The second kappa shape index (κ2) is 5.90. The molecule has 2 fully saturated rings. The SMILES string of the molecule is O=C(/C=C/c1ccc(O)cc1)N1CCCC2(CCNC2)C1. The average molecular weight is 286 g/mol. The maximum absolute atomic E-state index is 12.3. The lowest BCUT2D eigenvalue weighted by Gasteiger charge is -2.39. The van der Waals surface area contributed by atoms with Gasteiger partial charge in [-0.15, -0.1) is 0 Å². The third-order valence-corrected chi connectivity index (χ3v) is 4.62. The molecule has 0 bridgehead atoms. The summed E-state index contributed by atoms with van der Waals surface area (Å²) in [5, 5.41) is 12.7. The van der Waals surface area contributed by atoms with Crippen molar-refractivity contribution in [2.24, 2.45) is 5.41 Å². The Hall–Kier alpha value is -1.81. The standard InChI is InChI=1S/C17H22N2O2/c20-15-5-2-14(3-6-15)4-7-16(21)19-11-1-8-17(13-19)9-10-18-12-17/h2-7,18,20H,1,8-13H2/b7-4+. The Kier molecular flexibility index (Phi) is 3.97. The Morgan fingerprint density at radius 2 is 2.10 bits per heavy atom. The zero-order valence-corrected chi connectivity index (χ0v) is 12.2. The molecule has 1 aromatic carbocycles. The van der Waals surface area contributed by atoms with Gasteiger partial charge in [-0.2, -0.15) is 0 Å². The quantitative estimate of drug-likeness (QED) is 0.818. The molecule has 4 nitrogen and oxygen atoms in total. The predicted molar refractivity (Wildman–Crippen MR) is 82.9 cm³/mol. The minimum absolute atomic E-state index is 0.0917. The maximum atomic E-state index is 12.3. The topological polar surface area (TPSA) is 52.6 Å². The molecule has 2 heterocycles. The first-order valence-electron chi connectivity index (χ1n) is 7.64. The number of hydrogen-bond donors (Lipinski definition) is 2. The second-order valence-corrected chi connectivity index (χ2v) is 6.21. The van der Waals surface area contributed by atoms with E-state index in [-0.39, 0.29) is 11.7 Å². The van der Waals surface area contributed by atoms with Crippen LogP contribution in [0.1, 0.15) is 24.8 Å². The first-order valence-corrected chi connectivity index (χ1v) is 7.64. The molecule has 1 unspecified atom stereocenters. The van der Waals surface area contributed by atoms with Gasteiger partial charge in [0.25, 0.3) is 0 Å². The number of amides is 1. The summed E-state index contributed by atoms with van der Waals surface area (Å²) in [6, 6.07) is 6.86. The number of carbonyl (C=O) groups excluding carboxylic acids is 1. The second-order valence-electron chi connectivity index (χ2n) is 6.21. The first kappa shape index (κ1) is 14.1. The molecule has 21 heavy (non-hydrogen) atoms. The number of carbonyl (C=O) groups is 1. The van der Waals surface area contributed by atoms with Crippen molar-refractivity contribution >= 4 is 12.0 Å². The van der Waals surface area contributed by atoms with Gasteiger partial charge in [-0.25, -0.2) is 0 Å². The van der Waals surface area contributed by atoms with Gasteiger partial charge in [0.15, 0.2) is 0 Å². The van der Waals surface area contributed by atoms with E-state index in [1.54, 1.807) is 30.3 Å². The molecule has 3 rings (SSSR count). The van der Waals surface area contributed by atoms with Crippen LogP contribution in [0.5, 0.6) is 5.75 Å². The molecule has 4 heteroatoms. The van der Waals surface area contributed by atoms with Crippen molar-refractivity contribution in [1.82, 2.24) is 10.2 Å². The zero-order valence-electron chi connectivity index (χ0n) is 12.2. The van der Waals surface area contributed by atoms with E-state index in [1.807, 2.05) is 11.0 Å². The molecule has 2 aliphatic heterocycles. The molecule has 0 saturated carbocycles. The Morgan fingerprint density at radius 1 is 1.29 bits per heavy atom.